The number of aliphatic carboxylic acids is 1. The zero-order valence-electron chi connectivity index (χ0n) is 11.7. The predicted octanol–water partition coefficient (Wildman–Crippen LogP) is 2.69. The molecule has 5 heteroatoms. The van der Waals surface area contributed by atoms with Crippen LogP contribution in [0.5, 0.6) is 0 Å². The molecule has 1 aliphatic rings. The lowest BCUT2D eigenvalue weighted by atomic mass is 9.95. The Morgan fingerprint density at radius 3 is 2.40 bits per heavy atom. The smallest absolute Gasteiger partial charge is 0.306 e. The van der Waals surface area contributed by atoms with Gasteiger partial charge in [-0.25, -0.2) is 8.42 Å². The second-order valence-corrected chi connectivity index (χ2v) is 7.83. The van der Waals surface area contributed by atoms with Crippen LogP contribution in [0.2, 0.25) is 0 Å². The molecule has 1 N–H and O–H groups in total. The summed E-state index contributed by atoms with van der Waals surface area (Å²) >= 11 is 0. The second-order valence-electron chi connectivity index (χ2n) is 5.55. The van der Waals surface area contributed by atoms with Gasteiger partial charge >= 0.3 is 5.97 Å². The molecular weight excluding hydrogens is 276 g/mol. The van der Waals surface area contributed by atoms with Crippen molar-refractivity contribution in [1.82, 2.24) is 0 Å². The van der Waals surface area contributed by atoms with Crippen LogP contribution >= 0.6 is 0 Å². The topological polar surface area (TPSA) is 71.4 Å². The lowest BCUT2D eigenvalue weighted by Gasteiger charge is -2.12. The molecule has 2 rings (SSSR count). The van der Waals surface area contributed by atoms with Crippen molar-refractivity contribution in [3.8, 4) is 0 Å². The minimum Gasteiger partial charge on any atom is -0.481 e. The van der Waals surface area contributed by atoms with Crippen molar-refractivity contribution in [2.45, 2.75) is 37.5 Å². The van der Waals surface area contributed by atoms with Gasteiger partial charge in [0.05, 0.1) is 16.6 Å². The third-order valence-electron chi connectivity index (χ3n) is 4.08. The molecule has 20 heavy (non-hydrogen) atoms. The molecule has 4 nitrogen and oxygen atoms in total. The molecule has 0 saturated heterocycles. The van der Waals surface area contributed by atoms with E-state index >= 15 is 0 Å². The highest BCUT2D eigenvalue weighted by Crippen LogP contribution is 2.45. The average molecular weight is 296 g/mol. The zero-order chi connectivity index (χ0) is 14.9. The van der Waals surface area contributed by atoms with Gasteiger partial charge in [0.25, 0.3) is 0 Å². The van der Waals surface area contributed by atoms with Gasteiger partial charge in [-0.2, -0.15) is 0 Å². The number of rotatable bonds is 6. The van der Waals surface area contributed by atoms with E-state index in [9.17, 15) is 13.2 Å². The third-order valence-corrected chi connectivity index (χ3v) is 5.83. The van der Waals surface area contributed by atoms with E-state index in [0.29, 0.717) is 4.90 Å². The summed E-state index contributed by atoms with van der Waals surface area (Å²) in [6.45, 7) is 3.69. The quantitative estimate of drug-likeness (QED) is 0.876. The van der Waals surface area contributed by atoms with Crippen LogP contribution in [0.3, 0.4) is 0 Å². The van der Waals surface area contributed by atoms with E-state index in [-0.39, 0.29) is 23.5 Å². The van der Waals surface area contributed by atoms with E-state index in [1.165, 1.54) is 0 Å². The third kappa shape index (κ3) is 3.20. The van der Waals surface area contributed by atoms with E-state index in [1.807, 2.05) is 12.1 Å². The number of benzene rings is 1. The molecule has 3 atom stereocenters. The first-order chi connectivity index (χ1) is 9.35. The fraction of sp³-hybridized carbons (Fsp3) is 0.533. The molecule has 1 saturated carbocycles. The molecule has 1 aliphatic carbocycles. The number of hydrogen-bond donors (Lipinski definition) is 1. The van der Waals surface area contributed by atoms with Crippen LogP contribution in [0.1, 0.15) is 38.2 Å². The lowest BCUT2D eigenvalue weighted by molar-refractivity contribution is -0.138. The highest BCUT2D eigenvalue weighted by Gasteiger charge is 2.43. The highest BCUT2D eigenvalue weighted by molar-refractivity contribution is 7.91. The Labute approximate surface area is 119 Å². The summed E-state index contributed by atoms with van der Waals surface area (Å²) < 4.78 is 23.4. The Bertz CT molecular complexity index is 589. The number of carbonyl (C=O) groups is 1. The summed E-state index contributed by atoms with van der Waals surface area (Å²) in [4.78, 5) is 11.2. The van der Waals surface area contributed by atoms with Crippen molar-refractivity contribution in [2.24, 2.45) is 11.8 Å². The summed E-state index contributed by atoms with van der Waals surface area (Å²) in [5.74, 6) is -0.266. The molecule has 1 aromatic carbocycles. The van der Waals surface area contributed by atoms with E-state index in [0.717, 1.165) is 18.4 Å². The Morgan fingerprint density at radius 2 is 1.95 bits per heavy atom. The van der Waals surface area contributed by atoms with Gasteiger partial charge in [-0.15, -0.1) is 0 Å². The maximum absolute atomic E-state index is 11.7. The molecule has 0 amide bonds. The average Bonchev–Trinajstić information content (AvgIpc) is 3.18. The number of carboxylic acid groups (broad SMARTS) is 1. The van der Waals surface area contributed by atoms with Crippen LogP contribution in [-0.2, 0) is 14.6 Å². The van der Waals surface area contributed by atoms with E-state index in [4.69, 9.17) is 5.11 Å². The van der Waals surface area contributed by atoms with Gasteiger partial charge in [-0.3, -0.25) is 4.79 Å². The van der Waals surface area contributed by atoms with E-state index in [2.05, 4.69) is 6.92 Å². The Balaban J connectivity index is 2.02. The van der Waals surface area contributed by atoms with Crippen molar-refractivity contribution < 1.29 is 18.3 Å². The maximum Gasteiger partial charge on any atom is 0.306 e. The van der Waals surface area contributed by atoms with Gasteiger partial charge in [0.1, 0.15) is 0 Å². The molecule has 0 aromatic heterocycles. The van der Waals surface area contributed by atoms with Crippen molar-refractivity contribution in [2.75, 3.05) is 5.75 Å². The molecular formula is C15H20O4S. The molecule has 0 heterocycles. The summed E-state index contributed by atoms with van der Waals surface area (Å²) in [5, 5.41) is 8.89. The summed E-state index contributed by atoms with van der Waals surface area (Å²) in [6.07, 6.45) is 1.61. The van der Waals surface area contributed by atoms with Gasteiger partial charge in [0.15, 0.2) is 9.84 Å². The number of carboxylic acids is 1. The number of hydrogen-bond acceptors (Lipinski definition) is 3. The zero-order valence-corrected chi connectivity index (χ0v) is 12.6. The molecule has 0 bridgehead atoms. The fourth-order valence-corrected chi connectivity index (χ4v) is 3.46. The van der Waals surface area contributed by atoms with Crippen molar-refractivity contribution in [3.63, 3.8) is 0 Å². The van der Waals surface area contributed by atoms with Crippen LogP contribution < -0.4 is 0 Å². The second kappa shape index (κ2) is 5.56. The normalized spacial score (nSPS) is 23.3. The van der Waals surface area contributed by atoms with Gasteiger partial charge in [0.2, 0.25) is 0 Å². The molecule has 1 fully saturated rings. The van der Waals surface area contributed by atoms with Gasteiger partial charge < -0.3 is 5.11 Å². The summed E-state index contributed by atoms with van der Waals surface area (Å²) in [7, 11) is -3.15. The minimum atomic E-state index is -3.15. The van der Waals surface area contributed by atoms with Crippen LogP contribution in [0.4, 0.5) is 0 Å². The van der Waals surface area contributed by atoms with Crippen LogP contribution in [0, 0.1) is 11.8 Å². The minimum absolute atomic E-state index is 0.101. The summed E-state index contributed by atoms with van der Waals surface area (Å²) in [5.41, 5.74) is 1.07. The Hall–Kier alpha value is -1.36. The molecule has 3 unspecified atom stereocenters. The van der Waals surface area contributed by atoms with Crippen LogP contribution in [0.15, 0.2) is 29.2 Å². The predicted molar refractivity (Wildman–Crippen MR) is 76.4 cm³/mol. The molecule has 1 aromatic rings. The highest BCUT2D eigenvalue weighted by atomic mass is 32.2. The van der Waals surface area contributed by atoms with Gasteiger partial charge in [-0.05, 0) is 42.4 Å². The van der Waals surface area contributed by atoms with Crippen molar-refractivity contribution in [3.05, 3.63) is 29.8 Å². The first-order valence-electron chi connectivity index (χ1n) is 6.90. The first kappa shape index (κ1) is 15.0. The first-order valence-corrected chi connectivity index (χ1v) is 8.56. The van der Waals surface area contributed by atoms with Gasteiger partial charge in [0, 0.05) is 0 Å². The summed E-state index contributed by atoms with van der Waals surface area (Å²) in [6, 6.07) is 6.97. The number of sulfone groups is 1. The monoisotopic (exact) mass is 296 g/mol. The molecule has 0 spiro atoms. The molecule has 0 aliphatic heterocycles. The van der Waals surface area contributed by atoms with E-state index < -0.39 is 15.8 Å². The standard InChI is InChI=1S/C15H20O4S/c1-3-20(18,19)13-6-4-11(5-7-13)10(2)8-12-9-14(12)15(16)17/h4-7,10,12,14H,3,8-9H2,1-2H3,(H,16,17). The van der Waals surface area contributed by atoms with Crippen LogP contribution in [-0.4, -0.2) is 25.2 Å². The maximum atomic E-state index is 11.7. The van der Waals surface area contributed by atoms with E-state index in [1.54, 1.807) is 19.1 Å². The SMILES string of the molecule is CCS(=O)(=O)c1ccc(C(C)CC2CC2C(=O)O)cc1. The largest absolute Gasteiger partial charge is 0.481 e. The van der Waals surface area contributed by atoms with Gasteiger partial charge in [-0.1, -0.05) is 26.0 Å². The molecule has 110 valence electrons. The molecule has 0 radical (unpaired) electrons. The lowest BCUT2D eigenvalue weighted by Crippen LogP contribution is -2.05. The Morgan fingerprint density at radius 1 is 1.35 bits per heavy atom. The Kier molecular flexibility index (Phi) is 4.18. The van der Waals surface area contributed by atoms with Crippen LogP contribution in [0.25, 0.3) is 0 Å². The fourth-order valence-electron chi connectivity index (χ4n) is 2.57. The van der Waals surface area contributed by atoms with Crippen molar-refractivity contribution in [1.29, 1.82) is 0 Å². The van der Waals surface area contributed by atoms with Crippen molar-refractivity contribution >= 4 is 15.8 Å².